The molecule has 2 aromatic rings. The number of nitrogens with zero attached hydrogens (tertiary/aromatic N) is 1. The fourth-order valence-electron chi connectivity index (χ4n) is 3.78. The van der Waals surface area contributed by atoms with Gasteiger partial charge in [0, 0.05) is 12.2 Å². The first-order valence-electron chi connectivity index (χ1n) is 8.97. The van der Waals surface area contributed by atoms with E-state index in [1.54, 1.807) is 0 Å². The third kappa shape index (κ3) is 3.29. The highest BCUT2D eigenvalue weighted by atomic mass is 16.2. The predicted molar refractivity (Wildman–Crippen MR) is 97.4 cm³/mol. The number of rotatable bonds is 5. The molecule has 2 aliphatic rings. The van der Waals surface area contributed by atoms with Crippen molar-refractivity contribution < 1.29 is 9.59 Å². The Balaban J connectivity index is 1.40. The Morgan fingerprint density at radius 3 is 2.64 bits per heavy atom. The summed E-state index contributed by atoms with van der Waals surface area (Å²) in [5.41, 5.74) is 4.85. The Hall–Kier alpha value is -2.62. The lowest BCUT2D eigenvalue weighted by Gasteiger charge is -2.16. The van der Waals surface area contributed by atoms with Gasteiger partial charge in [-0.3, -0.25) is 14.5 Å². The molecule has 1 aliphatic carbocycles. The highest BCUT2D eigenvalue weighted by Gasteiger charge is 2.38. The second kappa shape index (κ2) is 6.71. The van der Waals surface area contributed by atoms with Gasteiger partial charge in [0.15, 0.2) is 0 Å². The summed E-state index contributed by atoms with van der Waals surface area (Å²) in [6.45, 7) is 0.448. The summed E-state index contributed by atoms with van der Waals surface area (Å²) in [6, 6.07) is 15.8. The van der Waals surface area contributed by atoms with Crippen LogP contribution in [0.1, 0.15) is 29.5 Å². The summed E-state index contributed by atoms with van der Waals surface area (Å²) in [5, 5.41) is 3.27. The van der Waals surface area contributed by atoms with Crippen LogP contribution < -0.4 is 5.32 Å². The number of hydrogen-bond donors (Lipinski definition) is 1. The number of carbonyl (C=O) groups is 2. The second-order valence-electron chi connectivity index (χ2n) is 6.86. The van der Waals surface area contributed by atoms with E-state index in [1.807, 2.05) is 36.4 Å². The monoisotopic (exact) mass is 334 g/mol. The van der Waals surface area contributed by atoms with Crippen LogP contribution in [-0.4, -0.2) is 29.3 Å². The summed E-state index contributed by atoms with van der Waals surface area (Å²) in [4.78, 5) is 26.3. The molecule has 1 heterocycles. The predicted octanol–water partition coefficient (Wildman–Crippen LogP) is 2.96. The first kappa shape index (κ1) is 15.9. The van der Waals surface area contributed by atoms with E-state index in [0.29, 0.717) is 13.0 Å². The van der Waals surface area contributed by atoms with E-state index < -0.39 is 6.04 Å². The summed E-state index contributed by atoms with van der Waals surface area (Å²) < 4.78 is 0. The smallest absolute Gasteiger partial charge is 0.252 e. The average molecular weight is 334 g/mol. The SMILES string of the molecule is O=C1CC(Nc2ccc3c(c2)CCC3)C(=O)N1CCc1ccccc1. The molecule has 4 heteroatoms. The molecule has 4 rings (SSSR count). The van der Waals surface area contributed by atoms with Crippen molar-refractivity contribution in [2.45, 2.75) is 38.1 Å². The van der Waals surface area contributed by atoms with Gasteiger partial charge in [-0.25, -0.2) is 0 Å². The largest absolute Gasteiger partial charge is 0.373 e. The van der Waals surface area contributed by atoms with Crippen LogP contribution in [0.25, 0.3) is 0 Å². The maximum Gasteiger partial charge on any atom is 0.252 e. The van der Waals surface area contributed by atoms with Crippen LogP contribution in [0.5, 0.6) is 0 Å². The van der Waals surface area contributed by atoms with Gasteiger partial charge in [0.05, 0.1) is 6.42 Å². The quantitative estimate of drug-likeness (QED) is 0.855. The summed E-state index contributed by atoms with van der Waals surface area (Å²) in [6.07, 6.45) is 4.39. The number of likely N-dealkylation sites (tertiary alicyclic amines) is 1. The fourth-order valence-corrected chi connectivity index (χ4v) is 3.78. The summed E-state index contributed by atoms with van der Waals surface area (Å²) in [7, 11) is 0. The number of hydrogen-bond acceptors (Lipinski definition) is 3. The maximum absolute atomic E-state index is 12.6. The van der Waals surface area contributed by atoms with Crippen molar-refractivity contribution in [1.82, 2.24) is 4.90 Å². The lowest BCUT2D eigenvalue weighted by atomic mass is 10.1. The van der Waals surface area contributed by atoms with Crippen LogP contribution in [0.15, 0.2) is 48.5 Å². The number of aryl methyl sites for hydroxylation is 2. The van der Waals surface area contributed by atoms with Gasteiger partial charge in [-0.15, -0.1) is 0 Å². The number of carbonyl (C=O) groups excluding carboxylic acids is 2. The van der Waals surface area contributed by atoms with Crippen molar-refractivity contribution in [3.8, 4) is 0 Å². The molecular weight excluding hydrogens is 312 g/mol. The Bertz CT molecular complexity index is 801. The lowest BCUT2D eigenvalue weighted by molar-refractivity contribution is -0.138. The molecule has 25 heavy (non-hydrogen) atoms. The van der Waals surface area contributed by atoms with E-state index in [-0.39, 0.29) is 18.2 Å². The molecule has 1 fully saturated rings. The Kier molecular flexibility index (Phi) is 4.26. The fraction of sp³-hybridized carbons (Fsp3) is 0.333. The molecule has 0 bridgehead atoms. The number of nitrogens with one attached hydrogen (secondary N) is 1. The van der Waals surface area contributed by atoms with Crippen molar-refractivity contribution in [1.29, 1.82) is 0 Å². The zero-order chi connectivity index (χ0) is 17.2. The van der Waals surface area contributed by atoms with E-state index in [4.69, 9.17) is 0 Å². The molecular formula is C21H22N2O2. The minimum absolute atomic E-state index is 0.0837. The first-order chi connectivity index (χ1) is 12.2. The van der Waals surface area contributed by atoms with Gasteiger partial charge in [0.2, 0.25) is 5.91 Å². The standard InChI is InChI=1S/C21H22N2O2/c24-20-14-19(22-18-10-9-16-7-4-8-17(16)13-18)21(25)23(20)12-11-15-5-2-1-3-6-15/h1-3,5-6,9-10,13,19,22H,4,7-8,11-12,14H2. The molecule has 0 radical (unpaired) electrons. The highest BCUT2D eigenvalue weighted by molar-refractivity contribution is 6.06. The van der Waals surface area contributed by atoms with Gasteiger partial charge in [-0.05, 0) is 54.5 Å². The topological polar surface area (TPSA) is 49.4 Å². The van der Waals surface area contributed by atoms with E-state index >= 15 is 0 Å². The normalized spacial score (nSPS) is 19.4. The number of benzene rings is 2. The zero-order valence-electron chi connectivity index (χ0n) is 14.2. The number of fused-ring (bicyclic) bond motifs is 1. The van der Waals surface area contributed by atoms with E-state index in [0.717, 1.165) is 24.1 Å². The minimum atomic E-state index is -0.442. The third-order valence-corrected chi connectivity index (χ3v) is 5.15. The van der Waals surface area contributed by atoms with Gasteiger partial charge in [0.1, 0.15) is 6.04 Å². The molecule has 1 unspecified atom stereocenters. The summed E-state index contributed by atoms with van der Waals surface area (Å²) >= 11 is 0. The van der Waals surface area contributed by atoms with E-state index in [2.05, 4.69) is 17.4 Å². The molecule has 1 atom stereocenters. The van der Waals surface area contributed by atoms with E-state index in [9.17, 15) is 9.59 Å². The maximum atomic E-state index is 12.6. The van der Waals surface area contributed by atoms with Crippen molar-refractivity contribution in [2.24, 2.45) is 0 Å². The van der Waals surface area contributed by atoms with Crippen LogP contribution in [0, 0.1) is 0 Å². The third-order valence-electron chi connectivity index (χ3n) is 5.15. The number of imide groups is 1. The van der Waals surface area contributed by atoms with E-state index in [1.165, 1.54) is 22.4 Å². The van der Waals surface area contributed by atoms with Crippen LogP contribution in [0.3, 0.4) is 0 Å². The van der Waals surface area contributed by atoms with Crippen molar-refractivity contribution in [2.75, 3.05) is 11.9 Å². The number of amides is 2. The van der Waals surface area contributed by atoms with Gasteiger partial charge < -0.3 is 5.32 Å². The molecule has 1 saturated heterocycles. The van der Waals surface area contributed by atoms with Gasteiger partial charge in [-0.1, -0.05) is 36.4 Å². The average Bonchev–Trinajstić information content (AvgIpc) is 3.19. The van der Waals surface area contributed by atoms with Crippen molar-refractivity contribution in [3.05, 3.63) is 65.2 Å². The van der Waals surface area contributed by atoms with Crippen LogP contribution in [0.2, 0.25) is 0 Å². The molecule has 1 N–H and O–H groups in total. The lowest BCUT2D eigenvalue weighted by Crippen LogP contribution is -2.36. The molecule has 0 saturated carbocycles. The van der Waals surface area contributed by atoms with Gasteiger partial charge in [0.25, 0.3) is 5.91 Å². The molecule has 2 amide bonds. The van der Waals surface area contributed by atoms with Crippen LogP contribution in [-0.2, 0) is 28.9 Å². The Morgan fingerprint density at radius 2 is 1.80 bits per heavy atom. The van der Waals surface area contributed by atoms with Gasteiger partial charge >= 0.3 is 0 Å². The molecule has 2 aromatic carbocycles. The Labute approximate surface area is 147 Å². The highest BCUT2D eigenvalue weighted by Crippen LogP contribution is 2.26. The Morgan fingerprint density at radius 1 is 1.00 bits per heavy atom. The molecule has 1 aliphatic heterocycles. The van der Waals surface area contributed by atoms with Crippen molar-refractivity contribution in [3.63, 3.8) is 0 Å². The van der Waals surface area contributed by atoms with Crippen LogP contribution in [0.4, 0.5) is 5.69 Å². The van der Waals surface area contributed by atoms with Crippen LogP contribution >= 0.6 is 0 Å². The van der Waals surface area contributed by atoms with Gasteiger partial charge in [-0.2, -0.15) is 0 Å². The molecule has 128 valence electrons. The number of anilines is 1. The van der Waals surface area contributed by atoms with Crippen molar-refractivity contribution >= 4 is 17.5 Å². The molecule has 4 nitrogen and oxygen atoms in total. The molecule has 0 spiro atoms. The zero-order valence-corrected chi connectivity index (χ0v) is 14.2. The molecule has 0 aromatic heterocycles. The second-order valence-corrected chi connectivity index (χ2v) is 6.86. The minimum Gasteiger partial charge on any atom is -0.373 e. The first-order valence-corrected chi connectivity index (χ1v) is 8.97. The summed E-state index contributed by atoms with van der Waals surface area (Å²) in [5.74, 6) is -0.193.